The van der Waals surface area contributed by atoms with E-state index in [-0.39, 0.29) is 12.4 Å². The molecule has 3 rings (SSSR count). The van der Waals surface area contributed by atoms with Gasteiger partial charge < -0.3 is 25.6 Å². The van der Waals surface area contributed by atoms with E-state index in [1.54, 1.807) is 6.07 Å². The standard InChI is InChI=1S/C21H22ClN3O4/c1-12-8-9-13(10-15(12)22)11-25-16(19(23)27)17(26)21(28)24-20(25)18(29-2)14-6-4-3-5-7-14/h3-10,16,18,26,28H,11H2,1-2H3,(H2,23,27). The van der Waals surface area contributed by atoms with Gasteiger partial charge in [-0.3, -0.25) is 4.79 Å². The normalized spacial score (nSPS) is 17.8. The molecule has 2 atom stereocenters. The Morgan fingerprint density at radius 3 is 2.55 bits per heavy atom. The van der Waals surface area contributed by atoms with Crippen LogP contribution in [0.5, 0.6) is 0 Å². The zero-order chi connectivity index (χ0) is 21.1. The third-order valence-electron chi connectivity index (χ3n) is 4.75. The Kier molecular flexibility index (Phi) is 6.10. The number of aryl methyl sites for hydroxylation is 1. The number of ether oxygens (including phenoxy) is 1. The number of aliphatic hydroxyl groups is 2. The van der Waals surface area contributed by atoms with Crippen LogP contribution in [0.25, 0.3) is 0 Å². The molecule has 4 N–H and O–H groups in total. The molecule has 0 bridgehead atoms. The fourth-order valence-electron chi connectivity index (χ4n) is 3.25. The SMILES string of the molecule is COC(C1=NC(O)=C(O)C(C(N)=O)N1Cc1ccc(C)c(Cl)c1)c1ccccc1. The van der Waals surface area contributed by atoms with E-state index in [1.165, 1.54) is 12.0 Å². The van der Waals surface area contributed by atoms with Gasteiger partial charge in [0, 0.05) is 18.7 Å². The van der Waals surface area contributed by atoms with E-state index in [1.807, 2.05) is 49.4 Å². The molecule has 29 heavy (non-hydrogen) atoms. The molecule has 2 aromatic rings. The van der Waals surface area contributed by atoms with Crippen LogP contribution in [0, 0.1) is 6.92 Å². The van der Waals surface area contributed by atoms with Gasteiger partial charge in [-0.1, -0.05) is 54.1 Å². The van der Waals surface area contributed by atoms with Gasteiger partial charge in [0.2, 0.25) is 5.91 Å². The van der Waals surface area contributed by atoms with E-state index in [4.69, 9.17) is 22.1 Å². The number of primary amides is 1. The van der Waals surface area contributed by atoms with Crippen molar-refractivity contribution in [1.29, 1.82) is 0 Å². The van der Waals surface area contributed by atoms with Gasteiger partial charge in [0.1, 0.15) is 11.9 Å². The van der Waals surface area contributed by atoms with Crippen LogP contribution in [0.3, 0.4) is 0 Å². The van der Waals surface area contributed by atoms with Crippen LogP contribution in [-0.4, -0.2) is 40.0 Å². The van der Waals surface area contributed by atoms with E-state index in [2.05, 4.69) is 4.99 Å². The smallest absolute Gasteiger partial charge is 0.254 e. The average molecular weight is 416 g/mol. The second-order valence-corrected chi connectivity index (χ2v) is 7.13. The van der Waals surface area contributed by atoms with Crippen molar-refractivity contribution in [2.75, 3.05) is 7.11 Å². The summed E-state index contributed by atoms with van der Waals surface area (Å²) >= 11 is 6.24. The van der Waals surface area contributed by atoms with Crippen LogP contribution in [0.2, 0.25) is 5.02 Å². The first kappa shape index (κ1) is 20.7. The van der Waals surface area contributed by atoms with E-state index in [0.29, 0.717) is 5.02 Å². The predicted octanol–water partition coefficient (Wildman–Crippen LogP) is 3.39. The van der Waals surface area contributed by atoms with Crippen molar-refractivity contribution in [2.24, 2.45) is 10.7 Å². The number of carbonyl (C=O) groups excluding carboxylic acids is 1. The number of hydrogen-bond acceptors (Lipinski definition) is 6. The van der Waals surface area contributed by atoms with Crippen LogP contribution in [-0.2, 0) is 16.1 Å². The molecule has 0 aromatic heterocycles. The molecule has 1 aliphatic heterocycles. The lowest BCUT2D eigenvalue weighted by atomic mass is 10.0. The summed E-state index contributed by atoms with van der Waals surface area (Å²) in [4.78, 5) is 17.8. The van der Waals surface area contributed by atoms with E-state index in [9.17, 15) is 15.0 Å². The molecular weight excluding hydrogens is 394 g/mol. The summed E-state index contributed by atoms with van der Waals surface area (Å²) in [6, 6.07) is 13.4. The number of rotatable bonds is 6. The number of nitrogens with two attached hydrogens (primary N) is 1. The number of hydrogen-bond donors (Lipinski definition) is 3. The monoisotopic (exact) mass is 415 g/mol. The van der Waals surface area contributed by atoms with Crippen LogP contribution in [0.1, 0.15) is 22.8 Å². The van der Waals surface area contributed by atoms with Gasteiger partial charge in [-0.2, -0.15) is 4.99 Å². The highest BCUT2D eigenvalue weighted by molar-refractivity contribution is 6.31. The molecule has 0 fully saturated rings. The number of carbonyl (C=O) groups is 1. The van der Waals surface area contributed by atoms with Crippen molar-refractivity contribution in [1.82, 2.24) is 4.90 Å². The van der Waals surface area contributed by atoms with E-state index >= 15 is 0 Å². The van der Waals surface area contributed by atoms with Crippen LogP contribution >= 0.6 is 11.6 Å². The van der Waals surface area contributed by atoms with Gasteiger partial charge in [0.05, 0.1) is 0 Å². The Balaban J connectivity index is 2.09. The third kappa shape index (κ3) is 4.21. The maximum absolute atomic E-state index is 12.2. The highest BCUT2D eigenvalue weighted by Crippen LogP contribution is 2.30. The molecule has 1 amide bonds. The van der Waals surface area contributed by atoms with Crippen molar-refractivity contribution >= 4 is 23.3 Å². The number of aliphatic hydroxyl groups excluding tert-OH is 2. The average Bonchev–Trinajstić information content (AvgIpc) is 2.69. The van der Waals surface area contributed by atoms with Crippen LogP contribution in [0.15, 0.2) is 65.2 Å². The fourth-order valence-corrected chi connectivity index (χ4v) is 3.45. The Morgan fingerprint density at radius 2 is 1.97 bits per heavy atom. The minimum absolute atomic E-state index is 0.163. The zero-order valence-corrected chi connectivity index (χ0v) is 16.8. The first-order valence-electron chi connectivity index (χ1n) is 8.93. The molecule has 0 saturated carbocycles. The van der Waals surface area contributed by atoms with Crippen molar-refractivity contribution in [2.45, 2.75) is 25.6 Å². The molecule has 152 valence electrons. The maximum atomic E-state index is 12.2. The first-order valence-corrected chi connectivity index (χ1v) is 9.30. The summed E-state index contributed by atoms with van der Waals surface area (Å²) in [6.07, 6.45) is -0.700. The second kappa shape index (κ2) is 8.55. The van der Waals surface area contributed by atoms with Gasteiger partial charge in [-0.25, -0.2) is 0 Å². The molecule has 1 aliphatic rings. The third-order valence-corrected chi connectivity index (χ3v) is 5.15. The van der Waals surface area contributed by atoms with Gasteiger partial charge >= 0.3 is 0 Å². The van der Waals surface area contributed by atoms with Crippen LogP contribution < -0.4 is 5.73 Å². The zero-order valence-electron chi connectivity index (χ0n) is 16.0. The number of aliphatic imine (C=N–C) groups is 1. The Hall–Kier alpha value is -3.03. The predicted molar refractivity (Wildman–Crippen MR) is 111 cm³/mol. The van der Waals surface area contributed by atoms with Crippen LogP contribution in [0.4, 0.5) is 0 Å². The van der Waals surface area contributed by atoms with Gasteiger partial charge in [0.25, 0.3) is 5.88 Å². The lowest BCUT2D eigenvalue weighted by molar-refractivity contribution is -0.122. The summed E-state index contributed by atoms with van der Waals surface area (Å²) in [5.74, 6) is -1.86. The van der Waals surface area contributed by atoms with Crippen molar-refractivity contribution in [3.05, 3.63) is 81.9 Å². The van der Waals surface area contributed by atoms with Gasteiger partial charge in [-0.05, 0) is 29.7 Å². The summed E-state index contributed by atoms with van der Waals surface area (Å²) in [6.45, 7) is 2.05. The van der Waals surface area contributed by atoms with Gasteiger partial charge in [0.15, 0.2) is 11.8 Å². The fraction of sp³-hybridized carbons (Fsp3) is 0.238. The molecule has 2 unspecified atom stereocenters. The van der Waals surface area contributed by atoms with Crippen molar-refractivity contribution < 1.29 is 19.7 Å². The molecule has 0 aliphatic carbocycles. The number of amidine groups is 1. The second-order valence-electron chi connectivity index (χ2n) is 6.72. The summed E-state index contributed by atoms with van der Waals surface area (Å²) in [5, 5.41) is 21.0. The molecule has 0 radical (unpaired) electrons. The van der Waals surface area contributed by atoms with Gasteiger partial charge in [-0.15, -0.1) is 0 Å². The number of amides is 1. The van der Waals surface area contributed by atoms with E-state index < -0.39 is 29.7 Å². The molecular formula is C21H22ClN3O4. The minimum Gasteiger partial charge on any atom is -0.505 e. The maximum Gasteiger partial charge on any atom is 0.254 e. The molecule has 1 heterocycles. The topological polar surface area (TPSA) is 108 Å². The van der Waals surface area contributed by atoms with Crippen molar-refractivity contribution in [3.63, 3.8) is 0 Å². The molecule has 2 aromatic carbocycles. The number of halogens is 1. The number of methoxy groups -OCH3 is 1. The highest BCUT2D eigenvalue weighted by Gasteiger charge is 2.39. The lowest BCUT2D eigenvalue weighted by Crippen LogP contribution is -2.52. The summed E-state index contributed by atoms with van der Waals surface area (Å²) in [7, 11) is 1.50. The van der Waals surface area contributed by atoms with Crippen molar-refractivity contribution in [3.8, 4) is 0 Å². The first-order chi connectivity index (χ1) is 13.8. The Morgan fingerprint density at radius 1 is 1.28 bits per heavy atom. The number of nitrogens with zero attached hydrogens (tertiary/aromatic N) is 2. The molecule has 0 spiro atoms. The summed E-state index contributed by atoms with van der Waals surface area (Å²) in [5.41, 5.74) is 8.00. The minimum atomic E-state index is -1.30. The lowest BCUT2D eigenvalue weighted by Gasteiger charge is -2.37. The Bertz CT molecular complexity index is 975. The molecule has 0 saturated heterocycles. The molecule has 7 nitrogen and oxygen atoms in total. The molecule has 8 heteroatoms. The summed E-state index contributed by atoms with van der Waals surface area (Å²) < 4.78 is 5.63. The Labute approximate surface area is 173 Å². The van der Waals surface area contributed by atoms with E-state index in [0.717, 1.165) is 16.7 Å². The quantitative estimate of drug-likeness (QED) is 0.670. The largest absolute Gasteiger partial charge is 0.505 e. The number of benzene rings is 2. The highest BCUT2D eigenvalue weighted by atomic mass is 35.5.